The smallest absolute Gasteiger partial charge is 0.413 e. The van der Waals surface area contributed by atoms with Gasteiger partial charge in [-0.3, -0.25) is 15.0 Å². The van der Waals surface area contributed by atoms with E-state index in [-0.39, 0.29) is 19.1 Å². The number of hydrogen-bond acceptors (Lipinski definition) is 5. The van der Waals surface area contributed by atoms with Gasteiger partial charge in [0.2, 0.25) is 5.91 Å². The second kappa shape index (κ2) is 6.44. The van der Waals surface area contributed by atoms with Crippen molar-refractivity contribution < 1.29 is 14.3 Å². The average molecular weight is 229 g/mol. The summed E-state index contributed by atoms with van der Waals surface area (Å²) >= 11 is 0. The number of ether oxygens (including phenoxy) is 1. The topological polar surface area (TPSA) is 70.7 Å². The predicted octanol–water partition coefficient (Wildman–Crippen LogP) is -0.447. The molecule has 6 nitrogen and oxygen atoms in total. The molecule has 92 valence electrons. The van der Waals surface area contributed by atoms with Gasteiger partial charge in [-0.1, -0.05) is 6.92 Å². The summed E-state index contributed by atoms with van der Waals surface area (Å²) in [5, 5.41) is 5.33. The number of imide groups is 1. The fraction of sp³-hybridized carbons (Fsp3) is 0.800. The first-order valence-electron chi connectivity index (χ1n) is 5.58. The summed E-state index contributed by atoms with van der Waals surface area (Å²) in [5.41, 5.74) is 0. The van der Waals surface area contributed by atoms with Crippen molar-refractivity contribution in [3.8, 4) is 0 Å². The normalized spacial score (nSPS) is 15.7. The highest BCUT2D eigenvalue weighted by molar-refractivity contribution is 5.92. The fourth-order valence-corrected chi connectivity index (χ4v) is 1.54. The number of hydrogen-bond donors (Lipinski definition) is 2. The van der Waals surface area contributed by atoms with Crippen molar-refractivity contribution in [3.05, 3.63) is 0 Å². The Hall–Kier alpha value is -1.14. The Morgan fingerprint density at radius 3 is 2.56 bits per heavy atom. The number of alkyl carbamates (subject to hydrolysis) is 1. The third-order valence-electron chi connectivity index (χ3n) is 2.55. The van der Waals surface area contributed by atoms with E-state index < -0.39 is 6.09 Å². The van der Waals surface area contributed by atoms with Gasteiger partial charge in [0.05, 0.1) is 13.2 Å². The monoisotopic (exact) mass is 229 g/mol. The fourth-order valence-electron chi connectivity index (χ4n) is 1.54. The van der Waals surface area contributed by atoms with Gasteiger partial charge >= 0.3 is 6.09 Å². The van der Waals surface area contributed by atoms with Crippen LogP contribution in [0.1, 0.15) is 13.8 Å². The van der Waals surface area contributed by atoms with E-state index in [4.69, 9.17) is 0 Å². The molecule has 16 heavy (non-hydrogen) atoms. The number of rotatable bonds is 5. The zero-order valence-corrected chi connectivity index (χ0v) is 9.78. The van der Waals surface area contributed by atoms with Crippen LogP contribution in [-0.4, -0.2) is 55.7 Å². The number of likely N-dealkylation sites (N-methyl/N-ethyl adjacent to an activating group) is 1. The van der Waals surface area contributed by atoms with Crippen molar-refractivity contribution in [2.45, 2.75) is 19.9 Å². The Morgan fingerprint density at radius 2 is 2.12 bits per heavy atom. The Balaban J connectivity index is 2.28. The molecule has 0 unspecified atom stereocenters. The van der Waals surface area contributed by atoms with E-state index >= 15 is 0 Å². The summed E-state index contributed by atoms with van der Waals surface area (Å²) in [6, 6.07) is 0.401. The van der Waals surface area contributed by atoms with Crippen LogP contribution in [0.2, 0.25) is 0 Å². The number of carbonyl (C=O) groups is 2. The van der Waals surface area contributed by atoms with Gasteiger partial charge in [0, 0.05) is 19.1 Å². The van der Waals surface area contributed by atoms with Crippen LogP contribution in [0, 0.1) is 0 Å². The van der Waals surface area contributed by atoms with E-state index in [2.05, 4.69) is 15.4 Å². The first-order valence-corrected chi connectivity index (χ1v) is 5.58. The molecule has 1 fully saturated rings. The van der Waals surface area contributed by atoms with E-state index in [9.17, 15) is 9.59 Å². The second-order valence-electron chi connectivity index (χ2n) is 3.64. The third kappa shape index (κ3) is 3.79. The van der Waals surface area contributed by atoms with Gasteiger partial charge in [-0.2, -0.15) is 0 Å². The molecule has 1 saturated heterocycles. The summed E-state index contributed by atoms with van der Waals surface area (Å²) in [5.74, 6) is -0.313. The quantitative estimate of drug-likeness (QED) is 0.668. The third-order valence-corrected chi connectivity index (χ3v) is 2.55. The van der Waals surface area contributed by atoms with Crippen LogP contribution in [0.3, 0.4) is 0 Å². The first-order chi connectivity index (χ1) is 7.67. The summed E-state index contributed by atoms with van der Waals surface area (Å²) < 4.78 is 4.63. The van der Waals surface area contributed by atoms with Crippen LogP contribution in [0.5, 0.6) is 0 Å². The van der Waals surface area contributed by atoms with Crippen LogP contribution in [0.4, 0.5) is 4.79 Å². The molecule has 0 radical (unpaired) electrons. The minimum Gasteiger partial charge on any atom is -0.450 e. The van der Waals surface area contributed by atoms with E-state index in [1.54, 1.807) is 6.92 Å². The second-order valence-corrected chi connectivity index (χ2v) is 3.64. The van der Waals surface area contributed by atoms with Gasteiger partial charge in [-0.25, -0.2) is 4.79 Å². The summed E-state index contributed by atoms with van der Waals surface area (Å²) in [6.07, 6.45) is -0.671. The number of amides is 2. The van der Waals surface area contributed by atoms with Crippen molar-refractivity contribution in [1.82, 2.24) is 15.5 Å². The summed E-state index contributed by atoms with van der Waals surface area (Å²) in [4.78, 5) is 24.5. The van der Waals surface area contributed by atoms with E-state index in [0.29, 0.717) is 6.04 Å². The first kappa shape index (κ1) is 12.9. The molecule has 0 aliphatic carbocycles. The maximum atomic E-state index is 11.5. The predicted molar refractivity (Wildman–Crippen MR) is 59.1 cm³/mol. The molecule has 0 aromatic heterocycles. The molecular formula is C10H19N3O3. The van der Waals surface area contributed by atoms with Gasteiger partial charge in [-0.05, 0) is 13.5 Å². The van der Waals surface area contributed by atoms with Crippen molar-refractivity contribution in [3.63, 3.8) is 0 Å². The molecule has 0 atom stereocenters. The van der Waals surface area contributed by atoms with Crippen LogP contribution in [0.15, 0.2) is 0 Å². The van der Waals surface area contributed by atoms with Crippen molar-refractivity contribution in [1.29, 1.82) is 0 Å². The van der Waals surface area contributed by atoms with Crippen LogP contribution in [-0.2, 0) is 9.53 Å². The lowest BCUT2D eigenvalue weighted by molar-refractivity contribution is -0.122. The van der Waals surface area contributed by atoms with Crippen LogP contribution < -0.4 is 10.6 Å². The lowest BCUT2D eigenvalue weighted by Gasteiger charge is -2.37. The Morgan fingerprint density at radius 1 is 1.44 bits per heavy atom. The molecule has 2 amide bonds. The van der Waals surface area contributed by atoms with E-state index in [1.165, 1.54) is 0 Å². The number of carbonyl (C=O) groups excluding carboxylic acids is 2. The van der Waals surface area contributed by atoms with E-state index in [1.807, 2.05) is 11.8 Å². The minimum atomic E-state index is -0.671. The van der Waals surface area contributed by atoms with Gasteiger partial charge in [0.15, 0.2) is 0 Å². The van der Waals surface area contributed by atoms with Gasteiger partial charge in [0.25, 0.3) is 0 Å². The highest BCUT2D eigenvalue weighted by atomic mass is 16.5. The maximum absolute atomic E-state index is 11.5. The summed E-state index contributed by atoms with van der Waals surface area (Å²) in [7, 11) is 0. The Bertz CT molecular complexity index is 254. The SMILES string of the molecule is CCOC(=O)NC(=O)CN(CC)C1CNC1. The van der Waals surface area contributed by atoms with Gasteiger partial charge < -0.3 is 10.1 Å². The van der Waals surface area contributed by atoms with Gasteiger partial charge in [-0.15, -0.1) is 0 Å². The molecular weight excluding hydrogens is 210 g/mol. The molecule has 1 rings (SSSR count). The molecule has 0 aromatic rings. The zero-order valence-electron chi connectivity index (χ0n) is 9.78. The van der Waals surface area contributed by atoms with Crippen LogP contribution in [0.25, 0.3) is 0 Å². The maximum Gasteiger partial charge on any atom is 0.413 e. The number of nitrogens with one attached hydrogen (secondary N) is 2. The average Bonchev–Trinajstić information content (AvgIpc) is 2.13. The highest BCUT2D eigenvalue weighted by Gasteiger charge is 2.25. The molecule has 1 aliphatic heterocycles. The van der Waals surface area contributed by atoms with Gasteiger partial charge in [0.1, 0.15) is 0 Å². The standard InChI is InChI=1S/C10H19N3O3/c1-3-13(8-5-11-6-8)7-9(14)12-10(15)16-4-2/h8,11H,3-7H2,1-2H3,(H,12,14,15). The lowest BCUT2D eigenvalue weighted by Crippen LogP contribution is -2.59. The largest absolute Gasteiger partial charge is 0.450 e. The Labute approximate surface area is 95.3 Å². The molecule has 1 aliphatic rings. The van der Waals surface area contributed by atoms with Crippen molar-refractivity contribution in [2.24, 2.45) is 0 Å². The molecule has 6 heteroatoms. The van der Waals surface area contributed by atoms with Crippen molar-refractivity contribution >= 4 is 12.0 Å². The highest BCUT2D eigenvalue weighted by Crippen LogP contribution is 2.03. The summed E-state index contributed by atoms with van der Waals surface area (Å²) in [6.45, 7) is 6.80. The van der Waals surface area contributed by atoms with Crippen molar-refractivity contribution in [2.75, 3.05) is 32.8 Å². The molecule has 1 heterocycles. The van der Waals surface area contributed by atoms with E-state index in [0.717, 1.165) is 19.6 Å². The van der Waals surface area contributed by atoms with Crippen LogP contribution >= 0.6 is 0 Å². The molecule has 0 saturated carbocycles. The number of nitrogens with zero attached hydrogens (tertiary/aromatic N) is 1. The molecule has 2 N–H and O–H groups in total. The molecule has 0 aromatic carbocycles. The molecule has 0 spiro atoms. The molecule has 0 bridgehead atoms. The lowest BCUT2D eigenvalue weighted by atomic mass is 10.1. The minimum absolute atomic E-state index is 0.238. The Kier molecular flexibility index (Phi) is 5.21. The zero-order chi connectivity index (χ0) is 12.0.